The van der Waals surface area contributed by atoms with Crippen molar-refractivity contribution in [2.75, 3.05) is 19.7 Å². The van der Waals surface area contributed by atoms with Crippen LogP contribution in [0, 0.1) is 0 Å². The van der Waals surface area contributed by atoms with Crippen LogP contribution in [0.5, 0.6) is 5.75 Å². The van der Waals surface area contributed by atoms with E-state index in [0.717, 1.165) is 6.42 Å². The van der Waals surface area contributed by atoms with Gasteiger partial charge in [0.15, 0.2) is 0 Å². The zero-order chi connectivity index (χ0) is 16.1. The fourth-order valence-corrected chi connectivity index (χ4v) is 2.54. The Morgan fingerprint density at radius 1 is 1.55 bits per heavy atom. The molecule has 2 rings (SSSR count). The Kier molecular flexibility index (Phi) is 5.97. The predicted molar refractivity (Wildman–Crippen MR) is 78.6 cm³/mol. The lowest BCUT2D eigenvalue weighted by atomic mass is 10.1. The molecule has 1 aromatic carbocycles. The standard InChI is InChI=1S/C15H18ClF2NO3/c1-2-11-9-19(6-3-7-21-11)14(20)12-8-10(16)4-5-13(12)22-15(17)18/h4-5,8,11,15H,2-3,6-7,9H2,1H3/t11-/m1/s1. The van der Waals surface area contributed by atoms with Crippen molar-refractivity contribution in [1.29, 1.82) is 0 Å². The van der Waals surface area contributed by atoms with E-state index in [-0.39, 0.29) is 23.3 Å². The molecule has 1 aromatic rings. The van der Waals surface area contributed by atoms with E-state index in [1.54, 1.807) is 4.90 Å². The molecule has 4 nitrogen and oxygen atoms in total. The lowest BCUT2D eigenvalue weighted by Gasteiger charge is -2.24. The molecule has 1 aliphatic heterocycles. The number of rotatable bonds is 4. The van der Waals surface area contributed by atoms with Crippen LogP contribution < -0.4 is 4.74 Å². The van der Waals surface area contributed by atoms with Gasteiger partial charge in [0, 0.05) is 24.7 Å². The monoisotopic (exact) mass is 333 g/mol. The Labute approximate surface area is 132 Å². The van der Waals surface area contributed by atoms with Gasteiger partial charge in [-0.05, 0) is 31.0 Å². The van der Waals surface area contributed by atoms with E-state index in [4.69, 9.17) is 16.3 Å². The van der Waals surface area contributed by atoms with Gasteiger partial charge in [-0.2, -0.15) is 8.78 Å². The fraction of sp³-hybridized carbons (Fsp3) is 0.533. The molecule has 1 atom stereocenters. The molecule has 7 heteroatoms. The zero-order valence-electron chi connectivity index (χ0n) is 12.2. The second-order valence-corrected chi connectivity index (χ2v) is 5.46. The number of hydrogen-bond donors (Lipinski definition) is 0. The molecule has 0 aromatic heterocycles. The van der Waals surface area contributed by atoms with Gasteiger partial charge in [-0.1, -0.05) is 18.5 Å². The van der Waals surface area contributed by atoms with Crippen molar-refractivity contribution in [3.8, 4) is 5.75 Å². The predicted octanol–water partition coefficient (Wildman–Crippen LogP) is 3.58. The first-order chi connectivity index (χ1) is 10.5. The molecule has 0 unspecified atom stereocenters. The second kappa shape index (κ2) is 7.74. The van der Waals surface area contributed by atoms with Crippen molar-refractivity contribution in [2.24, 2.45) is 0 Å². The number of carbonyl (C=O) groups is 1. The molecule has 1 heterocycles. The van der Waals surface area contributed by atoms with Crippen molar-refractivity contribution in [3.05, 3.63) is 28.8 Å². The molecular formula is C15H18ClF2NO3. The zero-order valence-corrected chi connectivity index (χ0v) is 13.0. The maximum absolute atomic E-state index is 12.7. The smallest absolute Gasteiger partial charge is 0.387 e. The Bertz CT molecular complexity index is 528. The van der Waals surface area contributed by atoms with Gasteiger partial charge >= 0.3 is 6.61 Å². The molecule has 122 valence electrons. The van der Waals surface area contributed by atoms with E-state index >= 15 is 0 Å². The molecule has 1 amide bonds. The molecule has 0 N–H and O–H groups in total. The third-order valence-corrected chi connectivity index (χ3v) is 3.72. The van der Waals surface area contributed by atoms with Gasteiger partial charge in [0.2, 0.25) is 0 Å². The normalized spacial score (nSPS) is 19.1. The third-order valence-electron chi connectivity index (χ3n) is 3.48. The van der Waals surface area contributed by atoms with Crippen LogP contribution in [0.1, 0.15) is 30.1 Å². The molecular weight excluding hydrogens is 316 g/mol. The van der Waals surface area contributed by atoms with Crippen LogP contribution in [0.15, 0.2) is 18.2 Å². The van der Waals surface area contributed by atoms with E-state index in [2.05, 4.69) is 4.74 Å². The van der Waals surface area contributed by atoms with Crippen molar-refractivity contribution in [1.82, 2.24) is 4.90 Å². The SMILES string of the molecule is CC[C@@H]1CN(C(=O)c2cc(Cl)ccc2OC(F)F)CCCO1. The van der Waals surface area contributed by atoms with Gasteiger partial charge in [-0.25, -0.2) is 0 Å². The van der Waals surface area contributed by atoms with E-state index < -0.39 is 6.61 Å². The number of hydrogen-bond acceptors (Lipinski definition) is 3. The number of halogens is 3. The van der Waals surface area contributed by atoms with Crippen LogP contribution in [-0.2, 0) is 4.74 Å². The summed E-state index contributed by atoms with van der Waals surface area (Å²) in [6.45, 7) is 0.497. The summed E-state index contributed by atoms with van der Waals surface area (Å²) in [6, 6.07) is 4.05. The highest BCUT2D eigenvalue weighted by molar-refractivity contribution is 6.31. The average Bonchev–Trinajstić information content (AvgIpc) is 2.73. The minimum atomic E-state index is -3.00. The Morgan fingerprint density at radius 2 is 2.32 bits per heavy atom. The maximum Gasteiger partial charge on any atom is 0.387 e. The molecule has 0 spiro atoms. The number of benzene rings is 1. The Morgan fingerprint density at radius 3 is 3.00 bits per heavy atom. The summed E-state index contributed by atoms with van der Waals surface area (Å²) < 4.78 is 35.0. The Hall–Kier alpha value is -1.40. The number of ether oxygens (including phenoxy) is 2. The lowest BCUT2D eigenvalue weighted by molar-refractivity contribution is -0.0503. The second-order valence-electron chi connectivity index (χ2n) is 5.02. The van der Waals surface area contributed by atoms with Crippen LogP contribution in [-0.4, -0.2) is 43.2 Å². The summed E-state index contributed by atoms with van der Waals surface area (Å²) in [4.78, 5) is 14.3. The van der Waals surface area contributed by atoms with Crippen molar-refractivity contribution >= 4 is 17.5 Å². The van der Waals surface area contributed by atoms with E-state index in [9.17, 15) is 13.6 Å². The highest BCUT2D eigenvalue weighted by atomic mass is 35.5. The van der Waals surface area contributed by atoms with Crippen molar-refractivity contribution in [3.63, 3.8) is 0 Å². The van der Waals surface area contributed by atoms with Crippen molar-refractivity contribution in [2.45, 2.75) is 32.5 Å². The first kappa shape index (κ1) is 17.0. The molecule has 0 aliphatic carbocycles. The summed E-state index contributed by atoms with van der Waals surface area (Å²) in [5.74, 6) is -0.537. The summed E-state index contributed by atoms with van der Waals surface area (Å²) >= 11 is 5.89. The van der Waals surface area contributed by atoms with Crippen LogP contribution >= 0.6 is 11.6 Å². The molecule has 1 saturated heterocycles. The minimum Gasteiger partial charge on any atom is -0.434 e. The molecule has 0 bridgehead atoms. The van der Waals surface area contributed by atoms with Gasteiger partial charge < -0.3 is 14.4 Å². The quantitative estimate of drug-likeness (QED) is 0.845. The number of carbonyl (C=O) groups excluding carboxylic acids is 1. The summed E-state index contributed by atoms with van der Waals surface area (Å²) in [7, 11) is 0. The van der Waals surface area contributed by atoms with Crippen molar-refractivity contribution < 1.29 is 23.0 Å². The van der Waals surface area contributed by atoms with Gasteiger partial charge in [-0.15, -0.1) is 0 Å². The van der Waals surface area contributed by atoms with Crippen LogP contribution in [0.2, 0.25) is 5.02 Å². The van der Waals surface area contributed by atoms with E-state index in [1.807, 2.05) is 6.92 Å². The fourth-order valence-electron chi connectivity index (χ4n) is 2.37. The van der Waals surface area contributed by atoms with Crippen LogP contribution in [0.25, 0.3) is 0 Å². The summed E-state index contributed by atoms with van der Waals surface area (Å²) in [6.07, 6.45) is 1.43. The van der Waals surface area contributed by atoms with Gasteiger partial charge in [0.05, 0.1) is 11.7 Å². The molecule has 0 saturated carbocycles. The largest absolute Gasteiger partial charge is 0.434 e. The molecule has 1 aliphatic rings. The number of nitrogens with zero attached hydrogens (tertiary/aromatic N) is 1. The first-order valence-corrected chi connectivity index (χ1v) is 7.54. The average molecular weight is 334 g/mol. The van der Waals surface area contributed by atoms with Gasteiger partial charge in [0.25, 0.3) is 5.91 Å². The highest BCUT2D eigenvalue weighted by Crippen LogP contribution is 2.26. The van der Waals surface area contributed by atoms with Gasteiger partial charge in [0.1, 0.15) is 5.75 Å². The van der Waals surface area contributed by atoms with E-state index in [1.165, 1.54) is 18.2 Å². The summed E-state index contributed by atoms with van der Waals surface area (Å²) in [5, 5.41) is 0.295. The molecule has 0 radical (unpaired) electrons. The first-order valence-electron chi connectivity index (χ1n) is 7.16. The van der Waals surface area contributed by atoms with E-state index in [0.29, 0.717) is 31.1 Å². The molecule has 22 heavy (non-hydrogen) atoms. The highest BCUT2D eigenvalue weighted by Gasteiger charge is 2.25. The number of alkyl halides is 2. The maximum atomic E-state index is 12.7. The topological polar surface area (TPSA) is 38.8 Å². The Balaban J connectivity index is 2.25. The van der Waals surface area contributed by atoms with Gasteiger partial charge in [-0.3, -0.25) is 4.79 Å². The van der Waals surface area contributed by atoms with Crippen LogP contribution in [0.4, 0.5) is 8.78 Å². The molecule has 1 fully saturated rings. The lowest BCUT2D eigenvalue weighted by Crippen LogP contribution is -2.37. The minimum absolute atomic E-state index is 0.0459. The third kappa shape index (κ3) is 4.30. The number of amides is 1. The van der Waals surface area contributed by atoms with Crippen LogP contribution in [0.3, 0.4) is 0 Å². The summed E-state index contributed by atoms with van der Waals surface area (Å²) in [5.41, 5.74) is 0.0459.